The van der Waals surface area contributed by atoms with Crippen LogP contribution in [-0.2, 0) is 0 Å². The maximum atomic E-state index is 8.66. The summed E-state index contributed by atoms with van der Waals surface area (Å²) < 4.78 is 0. The first kappa shape index (κ1) is 14.2. The smallest absolute Gasteiger partial charge is 0.170 e. The number of nitrogens with one attached hydrogen (secondary N) is 2. The molecule has 0 atom stereocenters. The average Bonchev–Trinajstić information content (AvgIpc) is 2.24. The highest BCUT2D eigenvalue weighted by molar-refractivity contribution is 7.80. The van der Waals surface area contributed by atoms with Crippen molar-refractivity contribution in [1.29, 1.82) is 0 Å². The molecule has 0 fully saturated rings. The van der Waals surface area contributed by atoms with Crippen LogP contribution in [0.15, 0.2) is 12.1 Å². The van der Waals surface area contributed by atoms with E-state index < -0.39 is 0 Å². The van der Waals surface area contributed by atoms with Gasteiger partial charge in [0.25, 0.3) is 0 Å². The van der Waals surface area contributed by atoms with E-state index in [2.05, 4.69) is 10.6 Å². The van der Waals surface area contributed by atoms with Gasteiger partial charge in [0.05, 0.1) is 10.7 Å². The van der Waals surface area contributed by atoms with Gasteiger partial charge in [-0.2, -0.15) is 0 Å². The molecule has 0 aliphatic heterocycles. The molecule has 1 aromatic carbocycles. The molecule has 17 heavy (non-hydrogen) atoms. The molecule has 0 saturated carbocycles. The Hall–Kier alpha value is -0.840. The van der Waals surface area contributed by atoms with Crippen LogP contribution >= 0.6 is 23.8 Å². The second kappa shape index (κ2) is 6.79. The Labute approximate surface area is 112 Å². The Morgan fingerprint density at radius 1 is 1.41 bits per heavy atom. The third-order valence-corrected chi connectivity index (χ3v) is 2.84. The van der Waals surface area contributed by atoms with E-state index in [1.54, 1.807) is 0 Å². The number of aryl methyl sites for hydroxylation is 2. The Balaban J connectivity index is 2.65. The highest BCUT2D eigenvalue weighted by Crippen LogP contribution is 2.27. The molecule has 0 aromatic heterocycles. The molecular formula is C12H17ClN2OS. The molecule has 0 radical (unpaired) electrons. The molecule has 0 unspecified atom stereocenters. The Bertz CT molecular complexity index is 386. The van der Waals surface area contributed by atoms with Crippen molar-refractivity contribution in [2.75, 3.05) is 18.5 Å². The SMILES string of the molecule is Cc1cc(C)c(NC(=S)NCCCO)c(Cl)c1. The molecule has 0 spiro atoms. The van der Waals surface area contributed by atoms with E-state index in [-0.39, 0.29) is 6.61 Å². The van der Waals surface area contributed by atoms with Crippen LogP contribution in [0.3, 0.4) is 0 Å². The molecule has 0 aliphatic carbocycles. The number of rotatable bonds is 4. The van der Waals surface area contributed by atoms with Crippen molar-refractivity contribution < 1.29 is 5.11 Å². The number of aliphatic hydroxyl groups excluding tert-OH is 1. The van der Waals surface area contributed by atoms with Gasteiger partial charge in [-0.05, 0) is 49.7 Å². The lowest BCUT2D eigenvalue weighted by atomic mass is 10.1. The Morgan fingerprint density at radius 3 is 2.71 bits per heavy atom. The summed E-state index contributed by atoms with van der Waals surface area (Å²) in [5.41, 5.74) is 3.01. The molecule has 0 amide bonds. The summed E-state index contributed by atoms with van der Waals surface area (Å²) in [5.74, 6) is 0. The molecule has 0 bridgehead atoms. The van der Waals surface area contributed by atoms with E-state index in [4.69, 9.17) is 28.9 Å². The van der Waals surface area contributed by atoms with Crippen molar-refractivity contribution in [3.63, 3.8) is 0 Å². The van der Waals surface area contributed by atoms with E-state index in [1.807, 2.05) is 26.0 Å². The van der Waals surface area contributed by atoms with E-state index in [9.17, 15) is 0 Å². The fourth-order valence-electron chi connectivity index (χ4n) is 1.51. The average molecular weight is 273 g/mol. The number of benzene rings is 1. The zero-order valence-corrected chi connectivity index (χ0v) is 11.6. The second-order valence-electron chi connectivity index (χ2n) is 3.90. The van der Waals surface area contributed by atoms with Gasteiger partial charge in [0.1, 0.15) is 0 Å². The number of halogens is 1. The minimum absolute atomic E-state index is 0.153. The largest absolute Gasteiger partial charge is 0.396 e. The topological polar surface area (TPSA) is 44.3 Å². The van der Waals surface area contributed by atoms with Crippen molar-refractivity contribution in [3.05, 3.63) is 28.3 Å². The maximum Gasteiger partial charge on any atom is 0.170 e. The van der Waals surface area contributed by atoms with E-state index in [1.165, 1.54) is 0 Å². The van der Waals surface area contributed by atoms with Gasteiger partial charge in [0.15, 0.2) is 5.11 Å². The van der Waals surface area contributed by atoms with Crippen LogP contribution in [0, 0.1) is 13.8 Å². The number of aliphatic hydroxyl groups is 1. The first-order valence-corrected chi connectivity index (χ1v) is 6.25. The third kappa shape index (κ3) is 4.50. The lowest BCUT2D eigenvalue weighted by Crippen LogP contribution is -2.30. The number of anilines is 1. The van der Waals surface area contributed by atoms with E-state index in [0.717, 1.165) is 16.8 Å². The second-order valence-corrected chi connectivity index (χ2v) is 4.71. The summed E-state index contributed by atoms with van der Waals surface area (Å²) in [6.07, 6.45) is 0.669. The summed E-state index contributed by atoms with van der Waals surface area (Å²) in [6, 6.07) is 3.94. The lowest BCUT2D eigenvalue weighted by Gasteiger charge is -2.14. The summed E-state index contributed by atoms with van der Waals surface area (Å²) in [7, 11) is 0. The molecule has 1 aromatic rings. The van der Waals surface area contributed by atoms with Gasteiger partial charge in [0.2, 0.25) is 0 Å². The van der Waals surface area contributed by atoms with Crippen LogP contribution in [0.1, 0.15) is 17.5 Å². The first-order valence-electron chi connectivity index (χ1n) is 5.47. The van der Waals surface area contributed by atoms with E-state index in [0.29, 0.717) is 23.1 Å². The zero-order valence-electron chi connectivity index (χ0n) is 10.0. The molecule has 3 nitrogen and oxygen atoms in total. The summed E-state index contributed by atoms with van der Waals surface area (Å²) in [4.78, 5) is 0. The highest BCUT2D eigenvalue weighted by atomic mass is 35.5. The fourth-order valence-corrected chi connectivity index (χ4v) is 2.09. The van der Waals surface area contributed by atoms with E-state index >= 15 is 0 Å². The van der Waals surface area contributed by atoms with Gasteiger partial charge >= 0.3 is 0 Å². The Morgan fingerprint density at radius 2 is 2.12 bits per heavy atom. The molecule has 5 heteroatoms. The fraction of sp³-hybridized carbons (Fsp3) is 0.417. The summed E-state index contributed by atoms with van der Waals surface area (Å²) >= 11 is 11.3. The predicted octanol–water partition coefficient (Wildman–Crippen LogP) is 2.63. The van der Waals surface area contributed by atoms with Crippen LogP contribution in [0.5, 0.6) is 0 Å². The third-order valence-electron chi connectivity index (χ3n) is 2.29. The summed E-state index contributed by atoms with van der Waals surface area (Å²) in [5, 5.41) is 15.9. The van der Waals surface area contributed by atoms with Crippen molar-refractivity contribution in [1.82, 2.24) is 5.32 Å². The van der Waals surface area contributed by atoms with Gasteiger partial charge in [-0.25, -0.2) is 0 Å². The minimum Gasteiger partial charge on any atom is -0.396 e. The Kier molecular flexibility index (Phi) is 5.68. The maximum absolute atomic E-state index is 8.66. The van der Waals surface area contributed by atoms with Gasteiger partial charge in [-0.3, -0.25) is 0 Å². The van der Waals surface area contributed by atoms with Gasteiger partial charge in [-0.1, -0.05) is 17.7 Å². The standard InChI is InChI=1S/C12H17ClN2OS/c1-8-6-9(2)11(10(13)7-8)15-12(17)14-4-3-5-16/h6-7,16H,3-5H2,1-2H3,(H2,14,15,17). The van der Waals surface area contributed by atoms with Gasteiger partial charge in [-0.15, -0.1) is 0 Å². The van der Waals surface area contributed by atoms with Crippen molar-refractivity contribution in [2.45, 2.75) is 20.3 Å². The lowest BCUT2D eigenvalue weighted by molar-refractivity contribution is 0.289. The van der Waals surface area contributed by atoms with Crippen LogP contribution in [0.25, 0.3) is 0 Å². The molecule has 1 rings (SSSR count). The number of hydrogen-bond acceptors (Lipinski definition) is 2. The van der Waals surface area contributed by atoms with Crippen LogP contribution in [0.4, 0.5) is 5.69 Å². The molecule has 3 N–H and O–H groups in total. The van der Waals surface area contributed by atoms with Crippen molar-refractivity contribution in [2.24, 2.45) is 0 Å². The van der Waals surface area contributed by atoms with Crippen molar-refractivity contribution >= 4 is 34.6 Å². The number of thiocarbonyl (C=S) groups is 1. The van der Waals surface area contributed by atoms with Crippen LogP contribution in [-0.4, -0.2) is 23.4 Å². The van der Waals surface area contributed by atoms with Gasteiger partial charge < -0.3 is 15.7 Å². The molecule has 0 heterocycles. The van der Waals surface area contributed by atoms with Crippen LogP contribution < -0.4 is 10.6 Å². The van der Waals surface area contributed by atoms with Crippen LogP contribution in [0.2, 0.25) is 5.02 Å². The minimum atomic E-state index is 0.153. The molecule has 0 saturated heterocycles. The zero-order chi connectivity index (χ0) is 12.8. The quantitative estimate of drug-likeness (QED) is 0.582. The predicted molar refractivity (Wildman–Crippen MR) is 76.9 cm³/mol. The molecular weight excluding hydrogens is 256 g/mol. The monoisotopic (exact) mass is 272 g/mol. The molecule has 94 valence electrons. The van der Waals surface area contributed by atoms with Gasteiger partial charge in [0, 0.05) is 13.2 Å². The highest BCUT2D eigenvalue weighted by Gasteiger charge is 2.06. The number of hydrogen-bond donors (Lipinski definition) is 3. The summed E-state index contributed by atoms with van der Waals surface area (Å²) in [6.45, 7) is 4.78. The molecule has 0 aliphatic rings. The first-order chi connectivity index (χ1) is 8.04. The normalized spacial score (nSPS) is 10.1. The van der Waals surface area contributed by atoms with Crippen molar-refractivity contribution in [3.8, 4) is 0 Å².